The first-order valence-corrected chi connectivity index (χ1v) is 11.7. The van der Waals surface area contributed by atoms with E-state index in [-0.39, 0.29) is 11.3 Å². The van der Waals surface area contributed by atoms with Crippen LogP contribution in [-0.2, 0) is 29.4 Å². The van der Waals surface area contributed by atoms with Gasteiger partial charge in [-0.1, -0.05) is 26.0 Å². The summed E-state index contributed by atoms with van der Waals surface area (Å²) in [7, 11) is -3.13. The summed E-state index contributed by atoms with van der Waals surface area (Å²) in [6.45, 7) is 5.01. The second-order valence-corrected chi connectivity index (χ2v) is 9.47. The summed E-state index contributed by atoms with van der Waals surface area (Å²) in [4.78, 5) is 11.9. The Labute approximate surface area is 167 Å². The molecule has 0 saturated carbocycles. The van der Waals surface area contributed by atoms with Gasteiger partial charge in [0.1, 0.15) is 0 Å². The van der Waals surface area contributed by atoms with E-state index in [0.717, 1.165) is 36.9 Å². The molecule has 7 heteroatoms. The third kappa shape index (κ3) is 5.08. The molecule has 0 fully saturated rings. The molecule has 0 saturated heterocycles. The molecule has 3 rings (SSSR count). The molecule has 0 spiro atoms. The third-order valence-electron chi connectivity index (χ3n) is 5.17. The highest BCUT2D eigenvalue weighted by Crippen LogP contribution is 2.31. The number of benzene rings is 1. The Morgan fingerprint density at radius 3 is 2.64 bits per heavy atom. The first-order valence-electron chi connectivity index (χ1n) is 10.1. The smallest absolute Gasteiger partial charge is 0.266 e. The second-order valence-electron chi connectivity index (χ2n) is 7.54. The van der Waals surface area contributed by atoms with Crippen molar-refractivity contribution in [2.45, 2.75) is 52.5 Å². The normalized spacial score (nSPS) is 16.3. The van der Waals surface area contributed by atoms with Crippen molar-refractivity contribution in [3.8, 4) is 11.3 Å². The van der Waals surface area contributed by atoms with Crippen molar-refractivity contribution < 1.29 is 8.42 Å². The molecular weight excluding hydrogens is 374 g/mol. The van der Waals surface area contributed by atoms with Gasteiger partial charge in [0.05, 0.1) is 11.4 Å². The standard InChI is InChI=1S/C21H29N3O3S/c1-3-11-24-21(25)8-7-20(23-24)18-6-5-17-13-16(14-19(17)15-18)9-10-22-28(26,27)12-4-2/h5-8,15-16,22H,3-4,9-14H2,1-2H3. The lowest BCUT2D eigenvalue weighted by Crippen LogP contribution is -2.28. The third-order valence-corrected chi connectivity index (χ3v) is 6.76. The Morgan fingerprint density at radius 1 is 1.11 bits per heavy atom. The van der Waals surface area contributed by atoms with Gasteiger partial charge in [-0.15, -0.1) is 0 Å². The Hall–Kier alpha value is -1.99. The monoisotopic (exact) mass is 403 g/mol. The molecule has 0 aliphatic heterocycles. The molecule has 2 aromatic rings. The van der Waals surface area contributed by atoms with Crippen molar-refractivity contribution in [2.75, 3.05) is 12.3 Å². The van der Waals surface area contributed by atoms with E-state index in [4.69, 9.17) is 0 Å². The van der Waals surface area contributed by atoms with E-state index in [1.807, 2.05) is 13.8 Å². The van der Waals surface area contributed by atoms with E-state index in [1.165, 1.54) is 15.8 Å². The number of nitrogens with one attached hydrogen (secondary N) is 1. The molecule has 1 N–H and O–H groups in total. The molecule has 0 radical (unpaired) electrons. The maximum atomic E-state index is 11.9. The van der Waals surface area contributed by atoms with Gasteiger partial charge in [0.25, 0.3) is 5.56 Å². The van der Waals surface area contributed by atoms with Crippen molar-refractivity contribution >= 4 is 10.0 Å². The number of aryl methyl sites for hydroxylation is 1. The van der Waals surface area contributed by atoms with Crippen LogP contribution >= 0.6 is 0 Å². The Bertz CT molecular complexity index is 983. The van der Waals surface area contributed by atoms with Crippen molar-refractivity contribution in [1.82, 2.24) is 14.5 Å². The highest BCUT2D eigenvalue weighted by Gasteiger charge is 2.22. The van der Waals surface area contributed by atoms with Crippen molar-refractivity contribution in [1.29, 1.82) is 0 Å². The topological polar surface area (TPSA) is 81.1 Å². The molecule has 1 heterocycles. The fourth-order valence-corrected chi connectivity index (χ4v) is 4.92. The molecule has 1 atom stereocenters. The lowest BCUT2D eigenvalue weighted by Gasteiger charge is -2.10. The molecule has 1 unspecified atom stereocenters. The van der Waals surface area contributed by atoms with E-state index >= 15 is 0 Å². The maximum Gasteiger partial charge on any atom is 0.266 e. The maximum absolute atomic E-state index is 11.9. The van der Waals surface area contributed by atoms with E-state index in [0.29, 0.717) is 25.4 Å². The minimum absolute atomic E-state index is 0.0719. The molecule has 28 heavy (non-hydrogen) atoms. The summed E-state index contributed by atoms with van der Waals surface area (Å²) >= 11 is 0. The SMILES string of the molecule is CCCn1nc(-c2ccc3c(c2)CC(CCNS(=O)(=O)CCC)C3)ccc1=O. The molecule has 1 aromatic carbocycles. The minimum Gasteiger partial charge on any atom is -0.268 e. The lowest BCUT2D eigenvalue weighted by molar-refractivity contribution is 0.504. The molecule has 0 amide bonds. The van der Waals surface area contributed by atoms with Crippen LogP contribution in [0.4, 0.5) is 0 Å². The summed E-state index contributed by atoms with van der Waals surface area (Å²) < 4.78 is 27.8. The Balaban J connectivity index is 1.66. The quantitative estimate of drug-likeness (QED) is 0.698. The van der Waals surface area contributed by atoms with E-state index in [2.05, 4.69) is 28.0 Å². The Morgan fingerprint density at radius 2 is 1.89 bits per heavy atom. The van der Waals surface area contributed by atoms with Crippen LogP contribution in [0, 0.1) is 5.92 Å². The number of sulfonamides is 1. The predicted octanol–water partition coefficient (Wildman–Crippen LogP) is 2.75. The number of hydrogen-bond donors (Lipinski definition) is 1. The average Bonchev–Trinajstić information content (AvgIpc) is 3.05. The summed E-state index contributed by atoms with van der Waals surface area (Å²) in [6, 6.07) is 9.73. The summed E-state index contributed by atoms with van der Waals surface area (Å²) in [5.41, 5.74) is 4.39. The van der Waals surface area contributed by atoms with Gasteiger partial charge in [-0.3, -0.25) is 4.79 Å². The number of rotatable bonds is 9. The van der Waals surface area contributed by atoms with Gasteiger partial charge in [0.2, 0.25) is 10.0 Å². The molecule has 0 bridgehead atoms. The molecule has 152 valence electrons. The summed E-state index contributed by atoms with van der Waals surface area (Å²) in [6.07, 6.45) is 4.27. The van der Waals surface area contributed by atoms with Crippen LogP contribution < -0.4 is 10.3 Å². The number of fused-ring (bicyclic) bond motifs is 1. The fraction of sp³-hybridized carbons (Fsp3) is 0.524. The fourth-order valence-electron chi connectivity index (χ4n) is 3.81. The van der Waals surface area contributed by atoms with Crippen LogP contribution in [0.15, 0.2) is 35.1 Å². The predicted molar refractivity (Wildman–Crippen MR) is 112 cm³/mol. The largest absolute Gasteiger partial charge is 0.268 e. The van der Waals surface area contributed by atoms with E-state index < -0.39 is 10.0 Å². The van der Waals surface area contributed by atoms with Crippen molar-refractivity contribution in [2.24, 2.45) is 5.92 Å². The zero-order valence-corrected chi connectivity index (χ0v) is 17.5. The van der Waals surface area contributed by atoms with Gasteiger partial charge in [-0.05, 0) is 61.3 Å². The second kappa shape index (κ2) is 9.01. The van der Waals surface area contributed by atoms with Gasteiger partial charge in [0, 0.05) is 24.7 Å². The van der Waals surface area contributed by atoms with Crippen LogP contribution in [0.1, 0.15) is 44.2 Å². The van der Waals surface area contributed by atoms with Crippen LogP contribution in [0.5, 0.6) is 0 Å². The summed E-state index contributed by atoms with van der Waals surface area (Å²) in [5, 5.41) is 4.50. The van der Waals surface area contributed by atoms with Crippen LogP contribution in [0.2, 0.25) is 0 Å². The van der Waals surface area contributed by atoms with Crippen molar-refractivity contribution in [3.63, 3.8) is 0 Å². The Kier molecular flexibility index (Phi) is 6.67. The zero-order valence-electron chi connectivity index (χ0n) is 16.6. The first kappa shape index (κ1) is 20.7. The van der Waals surface area contributed by atoms with Gasteiger partial charge in [-0.25, -0.2) is 17.8 Å². The van der Waals surface area contributed by atoms with Crippen LogP contribution in [0.25, 0.3) is 11.3 Å². The minimum atomic E-state index is -3.13. The van der Waals surface area contributed by atoms with E-state index in [1.54, 1.807) is 12.1 Å². The number of aromatic nitrogens is 2. The van der Waals surface area contributed by atoms with Gasteiger partial charge in [0.15, 0.2) is 0 Å². The van der Waals surface area contributed by atoms with Crippen LogP contribution in [0.3, 0.4) is 0 Å². The number of hydrogen-bond acceptors (Lipinski definition) is 4. The zero-order chi connectivity index (χ0) is 20.1. The molecular formula is C21H29N3O3S. The molecule has 1 aromatic heterocycles. The average molecular weight is 404 g/mol. The van der Waals surface area contributed by atoms with Crippen LogP contribution in [-0.4, -0.2) is 30.5 Å². The van der Waals surface area contributed by atoms with Crippen molar-refractivity contribution in [3.05, 3.63) is 51.8 Å². The van der Waals surface area contributed by atoms with Gasteiger partial charge >= 0.3 is 0 Å². The highest BCUT2D eigenvalue weighted by atomic mass is 32.2. The lowest BCUT2D eigenvalue weighted by atomic mass is 10.0. The van der Waals surface area contributed by atoms with E-state index in [9.17, 15) is 13.2 Å². The highest BCUT2D eigenvalue weighted by molar-refractivity contribution is 7.89. The molecule has 1 aliphatic rings. The summed E-state index contributed by atoms with van der Waals surface area (Å²) in [5.74, 6) is 0.644. The van der Waals surface area contributed by atoms with Gasteiger partial charge < -0.3 is 0 Å². The first-order chi connectivity index (χ1) is 13.4. The van der Waals surface area contributed by atoms with Gasteiger partial charge in [-0.2, -0.15) is 5.10 Å². The molecule has 6 nitrogen and oxygen atoms in total. The molecule has 1 aliphatic carbocycles. The number of nitrogens with zero attached hydrogens (tertiary/aromatic N) is 2.